The molecule has 8 nitrogen and oxygen atoms in total. The average Bonchev–Trinajstić information content (AvgIpc) is 3.22. The van der Waals surface area contributed by atoms with Gasteiger partial charge in [-0.05, 0) is 37.3 Å². The van der Waals surface area contributed by atoms with Crippen LogP contribution in [0.1, 0.15) is 15.9 Å². The highest BCUT2D eigenvalue weighted by molar-refractivity contribution is 7.15. The molecule has 0 unspecified atom stereocenters. The first kappa shape index (κ1) is 19.3. The van der Waals surface area contributed by atoms with Crippen LogP contribution < -0.4 is 5.32 Å². The molecule has 1 amide bonds. The molecule has 4 aromatic rings. The van der Waals surface area contributed by atoms with Crippen molar-refractivity contribution in [1.82, 2.24) is 14.6 Å². The number of rotatable bonds is 4. The molecular weight excluding hydrogens is 437 g/mol. The molecule has 0 spiro atoms. The van der Waals surface area contributed by atoms with Gasteiger partial charge in [-0.25, -0.2) is 4.52 Å². The van der Waals surface area contributed by atoms with Crippen molar-refractivity contribution in [1.29, 1.82) is 0 Å². The van der Waals surface area contributed by atoms with Crippen LogP contribution in [0.5, 0.6) is 0 Å². The lowest BCUT2D eigenvalue weighted by Crippen LogP contribution is -2.13. The summed E-state index contributed by atoms with van der Waals surface area (Å²) in [5.74, 6) is -0.350. The number of aromatic nitrogens is 3. The molecule has 0 saturated carbocycles. The zero-order valence-electron chi connectivity index (χ0n) is 14.7. The molecule has 11 heteroatoms. The number of benzene rings is 2. The molecule has 0 aliphatic carbocycles. The van der Waals surface area contributed by atoms with E-state index in [1.165, 1.54) is 29.5 Å². The summed E-state index contributed by atoms with van der Waals surface area (Å²) in [6.45, 7) is 1.57. The predicted molar refractivity (Wildman–Crippen MR) is 112 cm³/mol. The number of thiazole rings is 1. The summed E-state index contributed by atoms with van der Waals surface area (Å²) in [4.78, 5) is 27.8. The number of fused-ring (bicyclic) bond motifs is 1. The van der Waals surface area contributed by atoms with Crippen LogP contribution in [0.3, 0.4) is 0 Å². The van der Waals surface area contributed by atoms with Crippen LogP contribution in [0.25, 0.3) is 16.2 Å². The third kappa shape index (κ3) is 3.67. The SMILES string of the molecule is Cc1cc(C(=O)Nc2nc3scc(-c4ccc(Cl)cc4Cl)n3n2)ccc1[N+](=O)[O-]. The van der Waals surface area contributed by atoms with Crippen LogP contribution in [0, 0.1) is 17.0 Å². The van der Waals surface area contributed by atoms with Crippen molar-refractivity contribution in [2.24, 2.45) is 0 Å². The number of nitro groups is 1. The maximum atomic E-state index is 12.5. The summed E-state index contributed by atoms with van der Waals surface area (Å²) in [6.07, 6.45) is 0. The summed E-state index contributed by atoms with van der Waals surface area (Å²) >= 11 is 13.6. The van der Waals surface area contributed by atoms with E-state index in [-0.39, 0.29) is 17.2 Å². The van der Waals surface area contributed by atoms with Crippen LogP contribution >= 0.6 is 34.5 Å². The number of nitrogens with zero attached hydrogens (tertiary/aromatic N) is 4. The second-order valence-electron chi connectivity index (χ2n) is 6.09. The highest BCUT2D eigenvalue weighted by atomic mass is 35.5. The number of nitrogens with one attached hydrogen (secondary N) is 1. The van der Waals surface area contributed by atoms with Gasteiger partial charge in [0.25, 0.3) is 17.5 Å². The maximum Gasteiger partial charge on any atom is 0.272 e. The second kappa shape index (κ2) is 7.43. The number of aryl methyl sites for hydroxylation is 1. The van der Waals surface area contributed by atoms with Gasteiger partial charge in [0, 0.05) is 33.2 Å². The van der Waals surface area contributed by atoms with Crippen molar-refractivity contribution in [3.63, 3.8) is 0 Å². The largest absolute Gasteiger partial charge is 0.289 e. The number of halogens is 2. The molecular formula is C18H11Cl2N5O3S. The molecule has 1 N–H and O–H groups in total. The Morgan fingerprint density at radius 1 is 1.24 bits per heavy atom. The van der Waals surface area contributed by atoms with Gasteiger partial charge >= 0.3 is 0 Å². The van der Waals surface area contributed by atoms with Gasteiger partial charge in [0.05, 0.1) is 15.6 Å². The highest BCUT2D eigenvalue weighted by Gasteiger charge is 2.18. The van der Waals surface area contributed by atoms with E-state index >= 15 is 0 Å². The molecule has 0 aliphatic heterocycles. The van der Waals surface area contributed by atoms with Gasteiger partial charge in [-0.2, -0.15) is 4.98 Å². The normalized spacial score (nSPS) is 11.0. The van der Waals surface area contributed by atoms with Gasteiger partial charge in [-0.3, -0.25) is 20.2 Å². The molecule has 0 fully saturated rings. The molecule has 0 radical (unpaired) electrons. The number of anilines is 1. The number of carbonyl (C=O) groups excluding carboxylic acids is 1. The summed E-state index contributed by atoms with van der Waals surface area (Å²) < 4.78 is 1.58. The lowest BCUT2D eigenvalue weighted by molar-refractivity contribution is -0.385. The zero-order valence-corrected chi connectivity index (χ0v) is 17.0. The third-order valence-electron chi connectivity index (χ3n) is 4.17. The van der Waals surface area contributed by atoms with Gasteiger partial charge in [-0.1, -0.05) is 23.2 Å². The van der Waals surface area contributed by atoms with E-state index in [1.807, 2.05) is 5.38 Å². The highest BCUT2D eigenvalue weighted by Crippen LogP contribution is 2.33. The zero-order chi connectivity index (χ0) is 20.7. The van der Waals surface area contributed by atoms with E-state index in [4.69, 9.17) is 23.2 Å². The van der Waals surface area contributed by atoms with Gasteiger partial charge in [0.15, 0.2) is 0 Å². The van der Waals surface area contributed by atoms with E-state index < -0.39 is 10.8 Å². The quantitative estimate of drug-likeness (QED) is 0.340. The van der Waals surface area contributed by atoms with E-state index in [0.717, 1.165) is 5.56 Å². The van der Waals surface area contributed by atoms with Crippen LogP contribution in [-0.2, 0) is 0 Å². The van der Waals surface area contributed by atoms with Gasteiger partial charge in [-0.15, -0.1) is 16.4 Å². The van der Waals surface area contributed by atoms with E-state index in [0.29, 0.717) is 26.3 Å². The summed E-state index contributed by atoms with van der Waals surface area (Å²) in [6, 6.07) is 9.28. The molecule has 2 aromatic heterocycles. The average molecular weight is 448 g/mol. The number of hydrogen-bond donors (Lipinski definition) is 1. The lowest BCUT2D eigenvalue weighted by Gasteiger charge is -2.04. The van der Waals surface area contributed by atoms with Crippen molar-refractivity contribution >= 4 is 57.0 Å². The van der Waals surface area contributed by atoms with Crippen LogP contribution in [0.15, 0.2) is 41.8 Å². The molecule has 146 valence electrons. The Hall–Kier alpha value is -3.01. The summed E-state index contributed by atoms with van der Waals surface area (Å²) in [5, 5.41) is 20.7. The molecule has 0 aliphatic rings. The minimum absolute atomic E-state index is 0.0494. The lowest BCUT2D eigenvalue weighted by atomic mass is 10.1. The van der Waals surface area contributed by atoms with Crippen LogP contribution in [0.4, 0.5) is 11.6 Å². The Labute approximate surface area is 177 Å². The molecule has 2 aromatic carbocycles. The first-order valence-corrected chi connectivity index (χ1v) is 9.83. The Bertz CT molecular complexity index is 1280. The molecule has 29 heavy (non-hydrogen) atoms. The third-order valence-corrected chi connectivity index (χ3v) is 5.53. The van der Waals surface area contributed by atoms with Crippen LogP contribution in [-0.4, -0.2) is 25.4 Å². The standard InChI is InChI=1S/C18H11Cl2N5O3S/c1-9-6-10(2-5-14(9)25(27)28)16(26)21-17-22-18-24(23-17)15(8-29-18)12-4-3-11(19)7-13(12)20/h2-8H,1H3,(H,21,23,26). The number of amides is 1. The summed E-state index contributed by atoms with van der Waals surface area (Å²) in [5.41, 5.74) is 2.06. The van der Waals surface area contributed by atoms with Crippen molar-refractivity contribution in [3.8, 4) is 11.3 Å². The predicted octanol–water partition coefficient (Wildman–Crippen LogP) is 5.23. The first-order valence-electron chi connectivity index (χ1n) is 8.19. The minimum Gasteiger partial charge on any atom is -0.289 e. The molecule has 0 bridgehead atoms. The second-order valence-corrected chi connectivity index (χ2v) is 7.77. The van der Waals surface area contributed by atoms with Gasteiger partial charge < -0.3 is 0 Å². The molecule has 2 heterocycles. The number of nitro benzene ring substituents is 1. The van der Waals surface area contributed by atoms with Gasteiger partial charge in [0.2, 0.25) is 4.96 Å². The monoisotopic (exact) mass is 447 g/mol. The number of hydrogen-bond acceptors (Lipinski definition) is 6. The van der Waals surface area contributed by atoms with E-state index in [2.05, 4.69) is 15.4 Å². The Kier molecular flexibility index (Phi) is 4.95. The fraction of sp³-hybridized carbons (Fsp3) is 0.0556. The topological polar surface area (TPSA) is 102 Å². The van der Waals surface area contributed by atoms with E-state index in [9.17, 15) is 14.9 Å². The van der Waals surface area contributed by atoms with Crippen molar-refractivity contribution in [2.45, 2.75) is 6.92 Å². The fourth-order valence-corrected chi connectivity index (χ4v) is 4.12. The smallest absolute Gasteiger partial charge is 0.272 e. The van der Waals surface area contributed by atoms with Crippen LogP contribution in [0.2, 0.25) is 10.0 Å². The molecule has 0 atom stereocenters. The van der Waals surface area contributed by atoms with Crippen molar-refractivity contribution in [3.05, 3.63) is 73.1 Å². The molecule has 4 rings (SSSR count). The number of carbonyl (C=O) groups is 1. The Balaban J connectivity index is 1.62. The Morgan fingerprint density at radius 3 is 2.72 bits per heavy atom. The minimum atomic E-state index is -0.495. The maximum absolute atomic E-state index is 12.5. The summed E-state index contributed by atoms with van der Waals surface area (Å²) in [7, 11) is 0. The Morgan fingerprint density at radius 2 is 2.03 bits per heavy atom. The van der Waals surface area contributed by atoms with Crippen molar-refractivity contribution in [2.75, 3.05) is 5.32 Å². The molecule has 0 saturated heterocycles. The van der Waals surface area contributed by atoms with Gasteiger partial charge in [0.1, 0.15) is 0 Å². The van der Waals surface area contributed by atoms with E-state index in [1.54, 1.807) is 29.6 Å². The fourth-order valence-electron chi connectivity index (χ4n) is 2.79. The first-order chi connectivity index (χ1) is 13.8. The van der Waals surface area contributed by atoms with Crippen molar-refractivity contribution < 1.29 is 9.72 Å².